The fourth-order valence-electron chi connectivity index (χ4n) is 4.39. The highest BCUT2D eigenvalue weighted by Gasteiger charge is 2.21. The number of halogens is 1. The third-order valence-electron chi connectivity index (χ3n) is 6.37. The summed E-state index contributed by atoms with van der Waals surface area (Å²) in [7, 11) is -2.79. The van der Waals surface area contributed by atoms with Gasteiger partial charge in [0.15, 0.2) is 0 Å². The van der Waals surface area contributed by atoms with Gasteiger partial charge < -0.3 is 11.1 Å². The second kappa shape index (κ2) is 12.1. The summed E-state index contributed by atoms with van der Waals surface area (Å²) in [6.45, 7) is 3.72. The number of hydrogen-bond acceptors (Lipinski definition) is 9. The Morgan fingerprint density at radius 2 is 1.88 bits per heavy atom. The summed E-state index contributed by atoms with van der Waals surface area (Å²) >= 11 is 0. The molecule has 2 aromatic carbocycles. The number of nitrogens with zero attached hydrogens (tertiary/aromatic N) is 5. The molecule has 212 valence electrons. The maximum Gasteiger partial charge on any atom is 0.266 e. The van der Waals surface area contributed by atoms with Crippen LogP contribution in [0.3, 0.4) is 0 Å². The van der Waals surface area contributed by atoms with E-state index in [9.17, 15) is 17.6 Å². The van der Waals surface area contributed by atoms with Gasteiger partial charge in [-0.15, -0.1) is 0 Å². The molecule has 1 unspecified atom stereocenters. The number of pyridine rings is 1. The lowest BCUT2D eigenvalue weighted by atomic mass is 10.1. The molecule has 11 nitrogen and oxygen atoms in total. The van der Waals surface area contributed by atoms with Crippen molar-refractivity contribution in [2.24, 2.45) is 0 Å². The first-order chi connectivity index (χ1) is 20.2. The topological polar surface area (TPSA) is 158 Å². The maximum absolute atomic E-state index is 14.0. The van der Waals surface area contributed by atoms with Crippen LogP contribution in [0.5, 0.6) is 0 Å². The Morgan fingerprint density at radius 1 is 1.07 bits per heavy atom. The van der Waals surface area contributed by atoms with Crippen molar-refractivity contribution in [1.82, 2.24) is 29.2 Å². The van der Waals surface area contributed by atoms with Gasteiger partial charge in [0.05, 0.1) is 28.8 Å². The minimum Gasteiger partial charge on any atom is -0.382 e. The summed E-state index contributed by atoms with van der Waals surface area (Å²) in [6.07, 6.45) is 2.35. The van der Waals surface area contributed by atoms with Crippen LogP contribution in [0.15, 0.2) is 71.9 Å². The van der Waals surface area contributed by atoms with Crippen molar-refractivity contribution in [2.75, 3.05) is 11.1 Å². The lowest BCUT2D eigenvalue weighted by Gasteiger charge is -2.21. The molecule has 42 heavy (non-hydrogen) atoms. The van der Waals surface area contributed by atoms with Gasteiger partial charge in [0, 0.05) is 6.54 Å². The monoisotopic (exact) mass is 584 g/mol. The number of aromatic nitrogens is 5. The van der Waals surface area contributed by atoms with Crippen LogP contribution in [0.1, 0.15) is 41.2 Å². The summed E-state index contributed by atoms with van der Waals surface area (Å²) in [6, 6.07) is 14.5. The van der Waals surface area contributed by atoms with Gasteiger partial charge in [-0.3, -0.25) is 9.36 Å². The van der Waals surface area contributed by atoms with E-state index >= 15 is 0 Å². The molecule has 0 aliphatic carbocycles. The molecule has 3 aromatic heterocycles. The summed E-state index contributed by atoms with van der Waals surface area (Å²) in [5.74, 6) is 6.05. The highest BCUT2D eigenvalue weighted by molar-refractivity contribution is 7.70. The molecule has 1 atom stereocenters. The number of nitrogens with two attached hydrogens (primary N) is 1. The van der Waals surface area contributed by atoms with Crippen LogP contribution in [0.25, 0.3) is 16.6 Å². The number of fused-ring (bicyclic) bond motifs is 1. The molecule has 0 radical (unpaired) electrons. The van der Waals surface area contributed by atoms with Crippen molar-refractivity contribution in [3.63, 3.8) is 0 Å². The summed E-state index contributed by atoms with van der Waals surface area (Å²) in [5.41, 5.74) is 8.92. The smallest absolute Gasteiger partial charge is 0.266 e. The molecular weight excluding hydrogens is 559 g/mol. The third kappa shape index (κ3) is 6.09. The van der Waals surface area contributed by atoms with E-state index in [2.05, 4.69) is 36.8 Å². The van der Waals surface area contributed by atoms with Gasteiger partial charge >= 0.3 is 0 Å². The minimum atomic E-state index is -2.79. The molecule has 0 saturated heterocycles. The molecule has 5 aromatic rings. The van der Waals surface area contributed by atoms with Crippen LogP contribution < -0.4 is 21.3 Å². The normalized spacial score (nSPS) is 11.7. The van der Waals surface area contributed by atoms with E-state index in [0.717, 1.165) is 11.8 Å². The zero-order valence-corrected chi connectivity index (χ0v) is 23.4. The number of benzene rings is 2. The van der Waals surface area contributed by atoms with Crippen molar-refractivity contribution >= 4 is 33.4 Å². The molecule has 0 saturated carbocycles. The van der Waals surface area contributed by atoms with Gasteiger partial charge in [0.1, 0.15) is 40.9 Å². The highest BCUT2D eigenvalue weighted by atomic mass is 32.2. The van der Waals surface area contributed by atoms with Crippen LogP contribution in [0.4, 0.5) is 16.0 Å². The fourth-order valence-corrected chi connectivity index (χ4v) is 4.70. The first-order valence-corrected chi connectivity index (χ1v) is 13.9. The van der Waals surface area contributed by atoms with E-state index in [1.807, 2.05) is 26.0 Å². The van der Waals surface area contributed by atoms with Gasteiger partial charge in [-0.05, 0) is 61.2 Å². The van der Waals surface area contributed by atoms with Crippen LogP contribution in [0, 0.1) is 24.6 Å². The number of rotatable bonds is 7. The van der Waals surface area contributed by atoms with E-state index in [1.54, 1.807) is 30.3 Å². The molecule has 3 heterocycles. The molecule has 0 fully saturated rings. The maximum atomic E-state index is 14.0. The molecule has 0 bridgehead atoms. The Kier molecular flexibility index (Phi) is 8.19. The van der Waals surface area contributed by atoms with Crippen LogP contribution in [-0.4, -0.2) is 32.9 Å². The van der Waals surface area contributed by atoms with Crippen LogP contribution in [-0.2, 0) is 17.4 Å². The first-order valence-electron chi connectivity index (χ1n) is 12.7. The van der Waals surface area contributed by atoms with Crippen molar-refractivity contribution < 1.29 is 12.8 Å². The molecular formula is C29H25FN8O3S. The van der Waals surface area contributed by atoms with E-state index in [4.69, 9.17) is 10.7 Å². The minimum absolute atomic E-state index is 0.0651. The van der Waals surface area contributed by atoms with Crippen LogP contribution in [0.2, 0.25) is 0 Å². The third-order valence-corrected chi connectivity index (χ3v) is 6.79. The SMILES string of the molecule is Cc1cccc2nc(C(C)Nc3ncnc(N)c3C#Cc3ccc(F)cn3)n(-c3cccc(CN[SH](=O)=O)c3)c(=O)c12. The fraction of sp³-hybridized carbons (Fsp3) is 0.138. The Morgan fingerprint density at radius 3 is 2.64 bits per heavy atom. The van der Waals surface area contributed by atoms with E-state index < -0.39 is 22.7 Å². The molecule has 4 N–H and O–H groups in total. The van der Waals surface area contributed by atoms with Crippen LogP contribution >= 0.6 is 0 Å². The average Bonchev–Trinajstić information content (AvgIpc) is 2.96. The van der Waals surface area contributed by atoms with E-state index in [0.29, 0.717) is 45.1 Å². The Hall–Kier alpha value is -5.19. The Bertz CT molecular complexity index is 1990. The molecule has 0 aliphatic rings. The number of thiol groups is 1. The van der Waals surface area contributed by atoms with Crippen molar-refractivity contribution in [2.45, 2.75) is 26.4 Å². The predicted molar refractivity (Wildman–Crippen MR) is 158 cm³/mol. The second-order valence-corrected chi connectivity index (χ2v) is 10.1. The lowest BCUT2D eigenvalue weighted by Crippen LogP contribution is -2.28. The number of anilines is 2. The molecule has 5 rings (SSSR count). The van der Waals surface area contributed by atoms with Gasteiger partial charge in [0.25, 0.3) is 5.56 Å². The van der Waals surface area contributed by atoms with E-state index in [-0.39, 0.29) is 17.9 Å². The Labute approximate surface area is 241 Å². The van der Waals surface area contributed by atoms with Gasteiger partial charge in [-0.25, -0.2) is 37.5 Å². The number of nitrogens with one attached hydrogen (secondary N) is 2. The van der Waals surface area contributed by atoms with Crippen molar-refractivity contribution in [3.8, 4) is 17.5 Å². The number of aryl methyl sites for hydroxylation is 1. The zero-order chi connectivity index (χ0) is 29.8. The van der Waals surface area contributed by atoms with Gasteiger partial charge in [-0.1, -0.05) is 30.2 Å². The summed E-state index contributed by atoms with van der Waals surface area (Å²) < 4.78 is 39.3. The van der Waals surface area contributed by atoms with E-state index in [1.165, 1.54) is 23.0 Å². The molecule has 0 spiro atoms. The summed E-state index contributed by atoms with van der Waals surface area (Å²) in [5, 5.41) is 3.72. The molecule has 0 aliphatic heterocycles. The lowest BCUT2D eigenvalue weighted by molar-refractivity contribution is 0.601. The number of hydrogen-bond donors (Lipinski definition) is 4. The van der Waals surface area contributed by atoms with Crippen molar-refractivity contribution in [1.29, 1.82) is 0 Å². The second-order valence-electron chi connectivity index (χ2n) is 9.30. The Balaban J connectivity index is 1.61. The molecule has 13 heteroatoms. The summed E-state index contributed by atoms with van der Waals surface area (Å²) in [4.78, 5) is 31.2. The number of nitrogen functional groups attached to an aromatic ring is 1. The zero-order valence-electron chi connectivity index (χ0n) is 22.5. The van der Waals surface area contributed by atoms with Gasteiger partial charge in [0.2, 0.25) is 10.9 Å². The quantitative estimate of drug-likeness (QED) is 0.167. The molecule has 0 amide bonds. The standard InChI is InChI=1S/C29H25FN8O3S/c1-17-5-3-8-24-25(17)29(39)38(22-7-4-6-19(13-22)14-35-42(40)41)28(37-24)18(2)36-27-23(26(31)33-16-34-27)12-11-21-10-9-20(30)15-32-21/h3-10,13,15-16,18,42H,14H2,1-2H3,(H,35,40,41)(H3,31,33,34,36). The van der Waals surface area contributed by atoms with Crippen molar-refractivity contribution in [3.05, 3.63) is 112 Å². The predicted octanol–water partition coefficient (Wildman–Crippen LogP) is 2.79. The van der Waals surface area contributed by atoms with Gasteiger partial charge in [-0.2, -0.15) is 0 Å². The largest absolute Gasteiger partial charge is 0.382 e. The first kappa shape index (κ1) is 28.3. The highest BCUT2D eigenvalue weighted by Crippen LogP contribution is 2.25. The average molecular weight is 585 g/mol.